The van der Waals surface area contributed by atoms with Gasteiger partial charge in [-0.2, -0.15) is 70.2 Å². The normalized spacial score (nSPS) is 15.6. The van der Waals surface area contributed by atoms with Gasteiger partial charge in [-0.1, -0.05) is 0 Å². The van der Waals surface area contributed by atoms with Gasteiger partial charge in [-0.25, -0.2) is 0 Å². The van der Waals surface area contributed by atoms with Crippen LogP contribution in [0.4, 0.5) is 70.2 Å². The first-order valence-corrected chi connectivity index (χ1v) is 4.97. The summed E-state index contributed by atoms with van der Waals surface area (Å²) in [6.07, 6.45) is -15.3. The Hall–Kier alpha value is -1.16. The van der Waals surface area contributed by atoms with E-state index in [1.54, 1.807) is 0 Å². The second-order valence-corrected chi connectivity index (χ2v) is 3.87. The van der Waals surface area contributed by atoms with Crippen molar-refractivity contribution in [2.24, 2.45) is 0 Å². The van der Waals surface area contributed by atoms with Crippen molar-refractivity contribution in [3.63, 3.8) is 0 Å². The molecule has 1 nitrogen and oxygen atoms in total. The molecule has 0 aliphatic rings. The van der Waals surface area contributed by atoms with Crippen LogP contribution in [0.5, 0.6) is 0 Å². The van der Waals surface area contributed by atoms with E-state index >= 15 is 0 Å². The van der Waals surface area contributed by atoms with Gasteiger partial charge in [0, 0.05) is 7.11 Å². The maximum atomic E-state index is 12.6. The number of hydrogen-bond donors (Lipinski definition) is 1. The molecule has 0 spiro atoms. The van der Waals surface area contributed by atoms with Crippen LogP contribution in [0.1, 0.15) is 0 Å². The fourth-order valence-corrected chi connectivity index (χ4v) is 0.948. The molecule has 0 aromatic rings. The molecular formula is C8H4F16O. The molecule has 0 aromatic heterocycles. The Morgan fingerprint density at radius 3 is 0.560 bits per heavy atom. The third-order valence-corrected chi connectivity index (χ3v) is 2.29. The van der Waals surface area contributed by atoms with Crippen molar-refractivity contribution in [1.29, 1.82) is 0 Å². The summed E-state index contributed by atoms with van der Waals surface area (Å²) in [5.74, 6) is -41.2. The number of halogens is 16. The van der Waals surface area contributed by atoms with Crippen LogP contribution in [0.3, 0.4) is 0 Å². The fourth-order valence-electron chi connectivity index (χ4n) is 0.948. The summed E-state index contributed by atoms with van der Waals surface area (Å²) in [4.78, 5) is 0. The third-order valence-electron chi connectivity index (χ3n) is 2.29. The van der Waals surface area contributed by atoms with E-state index in [1.165, 1.54) is 0 Å². The Kier molecular flexibility index (Phi) is 6.81. The van der Waals surface area contributed by atoms with Crippen LogP contribution >= 0.6 is 0 Å². The van der Waals surface area contributed by atoms with E-state index in [0.717, 1.165) is 7.11 Å². The molecule has 0 amide bonds. The van der Waals surface area contributed by atoms with Crippen molar-refractivity contribution in [2.75, 3.05) is 7.11 Å². The topological polar surface area (TPSA) is 20.2 Å². The summed E-state index contributed by atoms with van der Waals surface area (Å²) >= 11 is 0. The van der Waals surface area contributed by atoms with Gasteiger partial charge in [0.2, 0.25) is 0 Å². The predicted molar refractivity (Wildman–Crippen MR) is 45.0 cm³/mol. The molecule has 17 heteroatoms. The van der Waals surface area contributed by atoms with Crippen LogP contribution in [0.15, 0.2) is 0 Å². The van der Waals surface area contributed by atoms with Gasteiger partial charge in [0.05, 0.1) is 0 Å². The number of aliphatic hydroxyl groups excluding tert-OH is 1. The highest BCUT2D eigenvalue weighted by Crippen LogP contribution is 2.62. The lowest BCUT2D eigenvalue weighted by Crippen LogP contribution is -2.72. The van der Waals surface area contributed by atoms with Crippen LogP contribution in [-0.2, 0) is 0 Å². The molecule has 0 atom stereocenters. The number of rotatable bonds is 4. The number of alkyl halides is 16. The predicted octanol–water partition coefficient (Wildman–Crippen LogP) is 4.90. The van der Waals surface area contributed by atoms with Crippen molar-refractivity contribution in [3.8, 4) is 0 Å². The first-order valence-electron chi connectivity index (χ1n) is 4.97. The van der Waals surface area contributed by atoms with Gasteiger partial charge in [-0.15, -0.1) is 0 Å². The highest BCUT2D eigenvalue weighted by Gasteiger charge is 2.93. The zero-order valence-electron chi connectivity index (χ0n) is 11.0. The molecule has 0 aromatic carbocycles. The lowest BCUT2D eigenvalue weighted by Gasteiger charge is -2.39. The lowest BCUT2D eigenvalue weighted by atomic mass is 9.94. The Morgan fingerprint density at radius 2 is 0.440 bits per heavy atom. The van der Waals surface area contributed by atoms with Crippen molar-refractivity contribution in [2.45, 2.75) is 42.0 Å². The minimum atomic E-state index is -8.43. The second-order valence-electron chi connectivity index (χ2n) is 3.87. The maximum Gasteiger partial charge on any atom is 0.460 e. The highest BCUT2D eigenvalue weighted by atomic mass is 19.4. The molecule has 0 fully saturated rings. The molecule has 0 aliphatic heterocycles. The van der Waals surface area contributed by atoms with Crippen LogP contribution in [0.2, 0.25) is 0 Å². The molecule has 0 aliphatic carbocycles. The van der Waals surface area contributed by atoms with Crippen molar-refractivity contribution < 1.29 is 75.4 Å². The van der Waals surface area contributed by atoms with Gasteiger partial charge in [-0.3, -0.25) is 0 Å². The quantitative estimate of drug-likeness (QED) is 0.642. The van der Waals surface area contributed by atoms with E-state index in [2.05, 4.69) is 0 Å². The zero-order chi connectivity index (χ0) is 21.5. The van der Waals surface area contributed by atoms with Gasteiger partial charge >= 0.3 is 42.0 Å². The van der Waals surface area contributed by atoms with Gasteiger partial charge in [-0.05, 0) is 0 Å². The summed E-state index contributed by atoms with van der Waals surface area (Å²) in [5.41, 5.74) is 0. The first kappa shape index (κ1) is 26.1. The molecule has 0 saturated carbocycles. The van der Waals surface area contributed by atoms with E-state index in [1.807, 2.05) is 0 Å². The molecule has 0 bridgehead atoms. The van der Waals surface area contributed by atoms with Crippen molar-refractivity contribution in [1.82, 2.24) is 0 Å². The summed E-state index contributed by atoms with van der Waals surface area (Å²) < 4.78 is 193. The van der Waals surface area contributed by atoms with Crippen LogP contribution < -0.4 is 0 Å². The summed E-state index contributed by atoms with van der Waals surface area (Å²) in [6, 6.07) is 0. The van der Waals surface area contributed by atoms with Gasteiger partial charge < -0.3 is 5.11 Å². The highest BCUT2D eigenvalue weighted by molar-refractivity contribution is 5.11. The number of aliphatic hydroxyl groups is 1. The molecule has 0 unspecified atom stereocenters. The molecule has 0 radical (unpaired) electrons. The molecular weight excluding hydrogens is 416 g/mol. The van der Waals surface area contributed by atoms with E-state index < -0.39 is 42.0 Å². The second kappa shape index (κ2) is 6.53. The monoisotopic (exact) mass is 420 g/mol. The molecule has 1 N–H and O–H groups in total. The fraction of sp³-hybridized carbons (Fsp3) is 1.00. The lowest BCUT2D eigenvalue weighted by molar-refractivity contribution is -0.461. The largest absolute Gasteiger partial charge is 0.460 e. The van der Waals surface area contributed by atoms with Crippen molar-refractivity contribution in [3.05, 3.63) is 0 Å². The molecule has 25 heavy (non-hydrogen) atoms. The van der Waals surface area contributed by atoms with Crippen LogP contribution in [0, 0.1) is 0 Å². The smallest absolute Gasteiger partial charge is 0.400 e. The molecule has 154 valence electrons. The average Bonchev–Trinajstić information content (AvgIpc) is 2.37. The zero-order valence-corrected chi connectivity index (χ0v) is 11.0. The van der Waals surface area contributed by atoms with Crippen LogP contribution in [-0.4, -0.2) is 54.2 Å². The van der Waals surface area contributed by atoms with E-state index in [4.69, 9.17) is 5.11 Å². The van der Waals surface area contributed by atoms with Crippen LogP contribution in [0.25, 0.3) is 0 Å². The maximum absolute atomic E-state index is 12.6. The summed E-state index contributed by atoms with van der Waals surface area (Å²) in [7, 11) is 1.00. The average molecular weight is 420 g/mol. The van der Waals surface area contributed by atoms with Gasteiger partial charge in [0.15, 0.2) is 0 Å². The van der Waals surface area contributed by atoms with E-state index in [0.29, 0.717) is 0 Å². The number of hydrogen-bond acceptors (Lipinski definition) is 1. The minimum Gasteiger partial charge on any atom is -0.400 e. The van der Waals surface area contributed by atoms with E-state index in [-0.39, 0.29) is 0 Å². The minimum absolute atomic E-state index is 1.00. The first-order chi connectivity index (χ1) is 10.5. The van der Waals surface area contributed by atoms with Gasteiger partial charge in [0.25, 0.3) is 0 Å². The van der Waals surface area contributed by atoms with E-state index in [9.17, 15) is 70.2 Å². The standard InChI is InChI=1S/C7F16.CH4O/c8-1(9,2(10,11)4(14,15)6(18,19)20)3(12,13)5(16,17)7(21,22)23;1-2/h;2H,1H3. The summed E-state index contributed by atoms with van der Waals surface area (Å²) in [5, 5.41) is 7.00. The van der Waals surface area contributed by atoms with Gasteiger partial charge in [0.1, 0.15) is 0 Å². The third kappa shape index (κ3) is 3.55. The molecule has 0 rings (SSSR count). The molecule has 0 heterocycles. The Balaban J connectivity index is 0. The Morgan fingerprint density at radius 1 is 0.320 bits per heavy atom. The summed E-state index contributed by atoms with van der Waals surface area (Å²) in [6.45, 7) is 0. The Labute approximate surface area is 126 Å². The SMILES string of the molecule is CO.FC(F)(F)C(F)(F)C(F)(F)C(F)(F)C(F)(F)C(F)(F)C(F)(F)F. The van der Waals surface area contributed by atoms with Crippen molar-refractivity contribution >= 4 is 0 Å². The molecule has 0 saturated heterocycles. The Bertz CT molecular complexity index is 402.